The quantitative estimate of drug-likeness (QED) is 0.347. The largest absolute Gasteiger partial charge is 0.497 e. The van der Waals surface area contributed by atoms with Crippen LogP contribution in [0.2, 0.25) is 0 Å². The van der Waals surface area contributed by atoms with Crippen LogP contribution in [-0.2, 0) is 35.1 Å². The van der Waals surface area contributed by atoms with Gasteiger partial charge in [0.25, 0.3) is 0 Å². The Morgan fingerprint density at radius 3 is 2.28 bits per heavy atom. The van der Waals surface area contributed by atoms with Crippen LogP contribution in [0.3, 0.4) is 0 Å². The van der Waals surface area contributed by atoms with E-state index in [1.165, 1.54) is 0 Å². The summed E-state index contributed by atoms with van der Waals surface area (Å²) < 4.78 is 10.6. The molecule has 4 atom stereocenters. The number of Topliss-reactive ketones (excluding diaryl/α,β-unsaturated/α-hetero) is 3. The number of methoxy groups -OCH3 is 1. The first kappa shape index (κ1) is 28.9. The van der Waals surface area contributed by atoms with Crippen LogP contribution in [0.25, 0.3) is 0 Å². The molecule has 2 N–H and O–H groups in total. The van der Waals surface area contributed by atoms with E-state index in [4.69, 9.17) is 9.47 Å². The molecule has 0 unspecified atom stereocenters. The molecular formula is C30H40N2O7. The van der Waals surface area contributed by atoms with Crippen molar-refractivity contribution < 1.29 is 33.4 Å². The Hall–Kier alpha value is -3.07. The first-order valence-corrected chi connectivity index (χ1v) is 14.0. The van der Waals surface area contributed by atoms with Crippen molar-refractivity contribution >= 4 is 29.2 Å². The van der Waals surface area contributed by atoms with Gasteiger partial charge in [0, 0.05) is 25.2 Å². The lowest BCUT2D eigenvalue weighted by molar-refractivity contribution is -0.139. The molecule has 2 amide bonds. The third kappa shape index (κ3) is 7.53. The van der Waals surface area contributed by atoms with Gasteiger partial charge in [-0.2, -0.15) is 0 Å². The minimum Gasteiger partial charge on any atom is -0.497 e. The van der Waals surface area contributed by atoms with Crippen LogP contribution in [0.5, 0.6) is 5.75 Å². The predicted molar refractivity (Wildman–Crippen MR) is 143 cm³/mol. The number of epoxide rings is 1. The smallest absolute Gasteiger partial charge is 0.224 e. The number of rotatable bonds is 14. The molecule has 1 saturated heterocycles. The van der Waals surface area contributed by atoms with Crippen molar-refractivity contribution in [3.63, 3.8) is 0 Å². The van der Waals surface area contributed by atoms with Crippen molar-refractivity contribution in [3.05, 3.63) is 29.8 Å². The lowest BCUT2D eigenvalue weighted by Crippen LogP contribution is -2.50. The SMILES string of the molecule is COc1ccc(C[C@H](CC(=O)[C@@H](C)NC(=O)C2CC(=O)C2)C(=O)N[C@@H](CC2CCCC2)C(=O)[C@@]2(C)CO2)cc1. The molecule has 212 valence electrons. The van der Waals surface area contributed by atoms with Crippen molar-refractivity contribution in [2.24, 2.45) is 17.8 Å². The maximum absolute atomic E-state index is 13.7. The van der Waals surface area contributed by atoms with E-state index in [-0.39, 0.29) is 60.8 Å². The maximum Gasteiger partial charge on any atom is 0.224 e. The molecule has 1 aliphatic heterocycles. The van der Waals surface area contributed by atoms with Crippen molar-refractivity contribution in [3.8, 4) is 5.75 Å². The molecule has 3 aliphatic rings. The fraction of sp³-hybridized carbons (Fsp3) is 0.633. The van der Waals surface area contributed by atoms with Crippen molar-refractivity contribution in [1.29, 1.82) is 0 Å². The summed E-state index contributed by atoms with van der Waals surface area (Å²) in [5.41, 5.74) is -0.0101. The highest BCUT2D eigenvalue weighted by molar-refractivity contribution is 5.99. The van der Waals surface area contributed by atoms with Crippen LogP contribution in [0, 0.1) is 17.8 Å². The van der Waals surface area contributed by atoms with Crippen LogP contribution in [0.15, 0.2) is 24.3 Å². The minimum atomic E-state index is -0.862. The highest BCUT2D eigenvalue weighted by Crippen LogP contribution is 2.34. The van der Waals surface area contributed by atoms with Crippen LogP contribution < -0.4 is 15.4 Å². The Balaban J connectivity index is 1.46. The molecule has 1 aromatic rings. The fourth-order valence-corrected chi connectivity index (χ4v) is 5.53. The summed E-state index contributed by atoms with van der Waals surface area (Å²) in [6, 6.07) is 5.83. The zero-order valence-electron chi connectivity index (χ0n) is 23.1. The van der Waals surface area contributed by atoms with E-state index in [1.54, 1.807) is 33.1 Å². The molecule has 0 radical (unpaired) electrons. The second-order valence-corrected chi connectivity index (χ2v) is 11.6. The van der Waals surface area contributed by atoms with Crippen LogP contribution in [0.1, 0.15) is 70.8 Å². The van der Waals surface area contributed by atoms with E-state index in [2.05, 4.69) is 10.6 Å². The van der Waals surface area contributed by atoms with Crippen molar-refractivity contribution in [2.75, 3.05) is 13.7 Å². The van der Waals surface area contributed by atoms with E-state index in [1.807, 2.05) is 12.1 Å². The summed E-state index contributed by atoms with van der Waals surface area (Å²) in [7, 11) is 1.57. The average Bonchev–Trinajstić information content (AvgIpc) is 3.44. The monoisotopic (exact) mass is 540 g/mol. The molecule has 0 aromatic heterocycles. The van der Waals surface area contributed by atoms with E-state index in [0.29, 0.717) is 24.7 Å². The number of hydrogen-bond acceptors (Lipinski definition) is 7. The second kappa shape index (κ2) is 12.4. The van der Waals surface area contributed by atoms with Gasteiger partial charge in [-0.1, -0.05) is 37.8 Å². The molecule has 1 aromatic carbocycles. The molecule has 9 nitrogen and oxygen atoms in total. The summed E-state index contributed by atoms with van der Waals surface area (Å²) in [6.45, 7) is 3.70. The summed E-state index contributed by atoms with van der Waals surface area (Å²) >= 11 is 0. The number of ketones is 3. The molecule has 2 saturated carbocycles. The van der Waals surface area contributed by atoms with Gasteiger partial charge in [-0.15, -0.1) is 0 Å². The molecule has 0 spiro atoms. The highest BCUT2D eigenvalue weighted by Gasteiger charge is 2.50. The molecule has 1 heterocycles. The zero-order valence-corrected chi connectivity index (χ0v) is 23.1. The number of hydrogen-bond donors (Lipinski definition) is 2. The third-order valence-corrected chi connectivity index (χ3v) is 8.40. The topological polar surface area (TPSA) is 131 Å². The van der Waals surface area contributed by atoms with Gasteiger partial charge in [-0.3, -0.25) is 24.0 Å². The molecule has 2 aliphatic carbocycles. The Bertz CT molecular complexity index is 1080. The minimum absolute atomic E-state index is 0.0394. The number of ether oxygens (including phenoxy) is 2. The highest BCUT2D eigenvalue weighted by atomic mass is 16.6. The van der Waals surface area contributed by atoms with E-state index in [0.717, 1.165) is 31.2 Å². The second-order valence-electron chi connectivity index (χ2n) is 11.6. The molecular weight excluding hydrogens is 500 g/mol. The Morgan fingerprint density at radius 1 is 1.08 bits per heavy atom. The summed E-state index contributed by atoms with van der Waals surface area (Å²) in [6.07, 6.45) is 5.49. The molecule has 0 bridgehead atoms. The Kier molecular flexibility index (Phi) is 9.20. The van der Waals surface area contributed by atoms with Gasteiger partial charge < -0.3 is 20.1 Å². The molecule has 3 fully saturated rings. The Morgan fingerprint density at radius 2 is 1.72 bits per heavy atom. The maximum atomic E-state index is 13.7. The van der Waals surface area contributed by atoms with Gasteiger partial charge in [0.05, 0.1) is 31.7 Å². The lowest BCUT2D eigenvalue weighted by atomic mass is 9.83. The van der Waals surface area contributed by atoms with Gasteiger partial charge in [0.1, 0.15) is 17.1 Å². The first-order chi connectivity index (χ1) is 18.6. The third-order valence-electron chi connectivity index (χ3n) is 8.40. The van der Waals surface area contributed by atoms with E-state index < -0.39 is 23.6 Å². The van der Waals surface area contributed by atoms with Gasteiger partial charge in [0.2, 0.25) is 11.8 Å². The number of carbonyl (C=O) groups excluding carboxylic acids is 5. The number of benzene rings is 1. The fourth-order valence-electron chi connectivity index (χ4n) is 5.53. The number of nitrogens with one attached hydrogen (secondary N) is 2. The standard InChI is InChI=1S/C30H40N2O7/c1-18(31-28(36)22-14-23(33)15-22)26(34)16-21(12-20-8-10-24(38-3)11-9-20)29(37)32-25(13-19-6-4-5-7-19)27(35)30(2)17-39-30/h8-11,18-19,21-22,25H,4-7,12-17H2,1-3H3,(H,31,36)(H,32,37)/t18-,21-,25+,30-/m1/s1. The van der Waals surface area contributed by atoms with Gasteiger partial charge in [-0.25, -0.2) is 0 Å². The van der Waals surface area contributed by atoms with E-state index >= 15 is 0 Å². The van der Waals surface area contributed by atoms with Gasteiger partial charge in [-0.05, 0) is 50.3 Å². The first-order valence-electron chi connectivity index (χ1n) is 14.0. The lowest BCUT2D eigenvalue weighted by Gasteiger charge is -2.27. The average molecular weight is 541 g/mol. The molecule has 4 rings (SSSR count). The van der Waals surface area contributed by atoms with Crippen LogP contribution in [-0.4, -0.2) is 60.6 Å². The zero-order chi connectivity index (χ0) is 28.2. The summed E-state index contributed by atoms with van der Waals surface area (Å²) in [5.74, 6) is -1.10. The normalized spacial score (nSPS) is 23.3. The summed E-state index contributed by atoms with van der Waals surface area (Å²) in [5, 5.41) is 5.69. The van der Waals surface area contributed by atoms with Crippen LogP contribution >= 0.6 is 0 Å². The predicted octanol–water partition coefficient (Wildman–Crippen LogP) is 2.72. The van der Waals surface area contributed by atoms with Gasteiger partial charge in [0.15, 0.2) is 11.6 Å². The molecule has 9 heteroatoms. The number of amides is 2. The Labute approximate surface area is 229 Å². The summed E-state index contributed by atoms with van der Waals surface area (Å²) in [4.78, 5) is 63.8. The van der Waals surface area contributed by atoms with Crippen molar-refractivity contribution in [2.45, 2.75) is 89.3 Å². The van der Waals surface area contributed by atoms with Crippen molar-refractivity contribution in [1.82, 2.24) is 10.6 Å². The van der Waals surface area contributed by atoms with Gasteiger partial charge >= 0.3 is 0 Å². The van der Waals surface area contributed by atoms with Crippen LogP contribution in [0.4, 0.5) is 0 Å². The number of carbonyl (C=O) groups is 5. The van der Waals surface area contributed by atoms with E-state index in [9.17, 15) is 24.0 Å². The molecule has 39 heavy (non-hydrogen) atoms.